The monoisotopic (exact) mass is 593 g/mol. The molecule has 2 aromatic rings. The SMILES string of the molecule is CC(=O)NC(CSC(CC(=O)CC(SCC(N=C(C)[O-])C(=O)O)c1nccnc1N)c1nccnc1N)C(=O)O. The minimum atomic E-state index is -1.34. The summed E-state index contributed by atoms with van der Waals surface area (Å²) < 4.78 is 0. The molecule has 2 aromatic heterocycles. The van der Waals surface area contributed by atoms with Crippen molar-refractivity contribution in [3.8, 4) is 0 Å². The van der Waals surface area contributed by atoms with Crippen LogP contribution in [0, 0.1) is 0 Å². The first kappa shape index (κ1) is 32.2. The van der Waals surface area contributed by atoms with Gasteiger partial charge in [0.25, 0.3) is 0 Å². The number of amides is 1. The van der Waals surface area contributed by atoms with Gasteiger partial charge in [-0.15, -0.1) is 23.5 Å². The molecule has 17 heteroatoms. The maximum atomic E-state index is 13.4. The molecule has 1 amide bonds. The maximum absolute atomic E-state index is 13.4. The highest BCUT2D eigenvalue weighted by atomic mass is 32.2. The van der Waals surface area contributed by atoms with Gasteiger partial charge >= 0.3 is 11.9 Å². The van der Waals surface area contributed by atoms with Crippen LogP contribution < -0.4 is 21.9 Å². The summed E-state index contributed by atoms with van der Waals surface area (Å²) in [6.45, 7) is 2.33. The fraction of sp³-hybridized carbons (Fsp3) is 0.435. The highest BCUT2D eigenvalue weighted by molar-refractivity contribution is 7.99. The van der Waals surface area contributed by atoms with Crippen molar-refractivity contribution < 1.29 is 34.5 Å². The number of carbonyl (C=O) groups is 4. The molecule has 216 valence electrons. The van der Waals surface area contributed by atoms with E-state index in [1.807, 2.05) is 0 Å². The summed E-state index contributed by atoms with van der Waals surface area (Å²) in [4.78, 5) is 68.0. The van der Waals surface area contributed by atoms with Crippen molar-refractivity contribution in [1.29, 1.82) is 0 Å². The molecule has 0 aliphatic carbocycles. The van der Waals surface area contributed by atoms with Gasteiger partial charge in [-0.25, -0.2) is 19.6 Å². The Morgan fingerprint density at radius 2 is 1.35 bits per heavy atom. The van der Waals surface area contributed by atoms with Crippen LogP contribution in [0.15, 0.2) is 29.8 Å². The zero-order chi connectivity index (χ0) is 29.8. The molecule has 7 N–H and O–H groups in total. The lowest BCUT2D eigenvalue weighted by atomic mass is 10.1. The third kappa shape index (κ3) is 10.3. The van der Waals surface area contributed by atoms with Crippen molar-refractivity contribution in [2.24, 2.45) is 4.99 Å². The van der Waals surface area contributed by atoms with Gasteiger partial charge in [0.15, 0.2) is 6.04 Å². The molecule has 2 heterocycles. The average molecular weight is 594 g/mol. The summed E-state index contributed by atoms with van der Waals surface area (Å²) in [6, 6.07) is -2.57. The van der Waals surface area contributed by atoms with Gasteiger partial charge in [-0.3, -0.25) is 24.5 Å². The molecule has 0 aromatic carbocycles. The molecule has 4 atom stereocenters. The molecule has 0 aliphatic rings. The molecule has 2 rings (SSSR count). The van der Waals surface area contributed by atoms with Gasteiger partial charge in [-0.05, 0) is 12.8 Å². The van der Waals surface area contributed by atoms with E-state index in [4.69, 9.17) is 11.5 Å². The fourth-order valence-corrected chi connectivity index (χ4v) is 5.97. The number of thioether (sulfide) groups is 2. The molecule has 0 spiro atoms. The first-order chi connectivity index (χ1) is 18.9. The zero-order valence-electron chi connectivity index (χ0n) is 21.6. The normalized spacial score (nSPS) is 14.5. The number of hydrogen-bond donors (Lipinski definition) is 5. The van der Waals surface area contributed by atoms with Crippen LogP contribution in [0.5, 0.6) is 0 Å². The quantitative estimate of drug-likeness (QED) is 0.125. The van der Waals surface area contributed by atoms with E-state index in [-0.39, 0.29) is 53.2 Å². The van der Waals surface area contributed by atoms with Crippen molar-refractivity contribution >= 4 is 64.7 Å². The Bertz CT molecular complexity index is 1250. The number of carboxylic acids is 2. The smallest absolute Gasteiger partial charge is 0.329 e. The number of anilines is 2. The van der Waals surface area contributed by atoms with Crippen LogP contribution >= 0.6 is 23.5 Å². The minimum Gasteiger partial charge on any atom is -0.862 e. The Morgan fingerprint density at radius 3 is 1.75 bits per heavy atom. The van der Waals surface area contributed by atoms with Gasteiger partial charge in [-0.2, -0.15) is 0 Å². The third-order valence-corrected chi connectivity index (χ3v) is 7.78. The lowest BCUT2D eigenvalue weighted by Gasteiger charge is -2.22. The first-order valence-electron chi connectivity index (χ1n) is 11.7. The van der Waals surface area contributed by atoms with E-state index in [9.17, 15) is 34.5 Å². The standard InChI is InChI=1S/C23H30N8O7S2/c1-11(32)30-14(22(35)36)9-39-16(18-20(24)28-5-3-26-18)7-13(34)8-17(19-21(25)29-6-4-27-19)40-10-15(23(37)38)31-12(2)33/h3-6,14-17H,7-10H2,1-2H3,(H2,24,28)(H2,25,29)(H,30,32)(H,31,33)(H,35,36)(H,37,38)/p-1. The Morgan fingerprint density at radius 1 is 0.875 bits per heavy atom. The Labute approximate surface area is 237 Å². The number of aliphatic imine (C=N–C) groups is 1. The van der Waals surface area contributed by atoms with Gasteiger partial charge in [0, 0.05) is 56.1 Å². The number of Topliss-reactive ketones (excluding diaryl/α,β-unsaturated/α-hetero) is 1. The minimum absolute atomic E-state index is 0.0480. The Hall–Kier alpha value is -3.99. The molecule has 0 radical (unpaired) electrons. The summed E-state index contributed by atoms with van der Waals surface area (Å²) in [5.74, 6) is -4.20. The van der Waals surface area contributed by atoms with Gasteiger partial charge in [-0.1, -0.05) is 0 Å². The van der Waals surface area contributed by atoms with Gasteiger partial charge in [0.05, 0.1) is 21.9 Å². The Balaban J connectivity index is 2.29. The number of hydrogen-bond acceptors (Lipinski definition) is 14. The van der Waals surface area contributed by atoms with Gasteiger partial charge in [0.2, 0.25) is 5.91 Å². The van der Waals surface area contributed by atoms with Gasteiger partial charge < -0.3 is 32.1 Å². The first-order valence-corrected chi connectivity index (χ1v) is 13.8. The predicted molar refractivity (Wildman–Crippen MR) is 147 cm³/mol. The number of nitrogens with zero attached hydrogens (tertiary/aromatic N) is 5. The number of rotatable bonds is 16. The zero-order valence-corrected chi connectivity index (χ0v) is 23.2. The number of aromatic nitrogens is 4. The van der Waals surface area contributed by atoms with E-state index >= 15 is 0 Å². The number of carbonyl (C=O) groups excluding carboxylic acids is 2. The molecule has 0 saturated heterocycles. The highest BCUT2D eigenvalue weighted by Gasteiger charge is 2.29. The molecule has 15 nitrogen and oxygen atoms in total. The van der Waals surface area contributed by atoms with Crippen molar-refractivity contribution in [2.75, 3.05) is 23.0 Å². The second-order valence-corrected chi connectivity index (χ2v) is 10.8. The number of nitrogens with one attached hydrogen (secondary N) is 1. The molecule has 0 fully saturated rings. The van der Waals surface area contributed by atoms with Crippen LogP contribution in [0.25, 0.3) is 0 Å². The van der Waals surface area contributed by atoms with Crippen LogP contribution in [0.1, 0.15) is 48.6 Å². The van der Waals surface area contributed by atoms with E-state index in [0.29, 0.717) is 0 Å². The van der Waals surface area contributed by atoms with E-state index in [0.717, 1.165) is 30.4 Å². The van der Waals surface area contributed by atoms with E-state index < -0.39 is 46.3 Å². The van der Waals surface area contributed by atoms with Crippen LogP contribution in [0.4, 0.5) is 11.6 Å². The Kier molecular flexibility index (Phi) is 12.5. The summed E-state index contributed by atoms with van der Waals surface area (Å²) in [7, 11) is 0. The van der Waals surface area contributed by atoms with Crippen molar-refractivity contribution in [1.82, 2.24) is 25.3 Å². The maximum Gasteiger partial charge on any atom is 0.329 e. The second kappa shape index (κ2) is 15.6. The fourth-order valence-electron chi connectivity index (χ4n) is 3.40. The summed E-state index contributed by atoms with van der Waals surface area (Å²) >= 11 is 2.10. The van der Waals surface area contributed by atoms with E-state index in [1.54, 1.807) is 0 Å². The van der Waals surface area contributed by atoms with Gasteiger partial charge in [0.1, 0.15) is 23.5 Å². The van der Waals surface area contributed by atoms with E-state index in [1.165, 1.54) is 31.7 Å². The number of aliphatic carboxylic acids is 2. The number of nitrogens with two attached hydrogens (primary N) is 2. The number of nitrogen functional groups attached to an aromatic ring is 2. The summed E-state index contributed by atoms with van der Waals surface area (Å²) in [5.41, 5.74) is 12.5. The average Bonchev–Trinajstić information content (AvgIpc) is 2.87. The largest absolute Gasteiger partial charge is 0.862 e. The van der Waals surface area contributed by atoms with Crippen molar-refractivity contribution in [3.05, 3.63) is 36.2 Å². The van der Waals surface area contributed by atoms with Crippen LogP contribution in [-0.4, -0.2) is 83.3 Å². The van der Waals surface area contributed by atoms with Crippen LogP contribution in [-0.2, 0) is 19.2 Å². The van der Waals surface area contributed by atoms with Crippen molar-refractivity contribution in [3.63, 3.8) is 0 Å². The highest BCUT2D eigenvalue weighted by Crippen LogP contribution is 2.38. The molecule has 0 aliphatic heterocycles. The summed E-state index contributed by atoms with van der Waals surface area (Å²) in [6.07, 6.45) is 5.18. The number of ketones is 1. The topological polar surface area (TPSA) is 260 Å². The molecular formula is C23H29N8O7S2-. The lowest BCUT2D eigenvalue weighted by molar-refractivity contribution is -0.216. The third-order valence-electron chi connectivity index (χ3n) is 5.17. The van der Waals surface area contributed by atoms with Crippen LogP contribution in [0.3, 0.4) is 0 Å². The molecular weight excluding hydrogens is 564 g/mol. The van der Waals surface area contributed by atoms with Crippen molar-refractivity contribution in [2.45, 2.75) is 49.3 Å². The molecule has 0 saturated carbocycles. The van der Waals surface area contributed by atoms with Crippen LogP contribution in [0.2, 0.25) is 0 Å². The molecule has 4 unspecified atom stereocenters. The lowest BCUT2D eigenvalue weighted by Crippen LogP contribution is -2.41. The predicted octanol–water partition coefficient (Wildman–Crippen LogP) is -0.150. The summed E-state index contributed by atoms with van der Waals surface area (Å²) in [5, 5.41) is 31.2. The number of carboxylic acid groups (broad SMARTS) is 2. The molecule has 0 bridgehead atoms. The molecule has 40 heavy (non-hydrogen) atoms. The van der Waals surface area contributed by atoms with E-state index in [2.05, 4.69) is 30.2 Å². The second-order valence-electron chi connectivity index (χ2n) is 8.34.